The van der Waals surface area contributed by atoms with Crippen molar-refractivity contribution in [2.75, 3.05) is 5.32 Å². The van der Waals surface area contributed by atoms with Crippen LogP contribution in [0.25, 0.3) is 0 Å². The van der Waals surface area contributed by atoms with Crippen molar-refractivity contribution in [3.63, 3.8) is 0 Å². The molecule has 0 aliphatic rings. The molecular formula is C19H18BrN3O2. The van der Waals surface area contributed by atoms with Crippen molar-refractivity contribution in [1.29, 1.82) is 5.26 Å². The number of benzene rings is 2. The summed E-state index contributed by atoms with van der Waals surface area (Å²) >= 11 is 3.42. The summed E-state index contributed by atoms with van der Waals surface area (Å²) in [6.45, 7) is 0.388. The average molecular weight is 400 g/mol. The molecule has 0 aliphatic heterocycles. The van der Waals surface area contributed by atoms with E-state index < -0.39 is 0 Å². The smallest absolute Gasteiger partial charge is 0.238 e. The molecule has 128 valence electrons. The average Bonchev–Trinajstić information content (AvgIpc) is 2.59. The van der Waals surface area contributed by atoms with Crippen LogP contribution < -0.4 is 10.6 Å². The summed E-state index contributed by atoms with van der Waals surface area (Å²) in [5.41, 5.74) is 2.60. The number of halogens is 1. The second kappa shape index (κ2) is 9.60. The Morgan fingerprint density at radius 1 is 1.04 bits per heavy atom. The van der Waals surface area contributed by atoms with Gasteiger partial charge in [0.25, 0.3) is 0 Å². The first kappa shape index (κ1) is 18.7. The van der Waals surface area contributed by atoms with Gasteiger partial charge in [-0.1, -0.05) is 40.2 Å². The van der Waals surface area contributed by atoms with Gasteiger partial charge in [-0.2, -0.15) is 5.26 Å². The molecule has 0 heterocycles. The van der Waals surface area contributed by atoms with Crippen molar-refractivity contribution in [3.8, 4) is 6.07 Å². The molecule has 0 bridgehead atoms. The molecule has 0 fully saturated rings. The zero-order valence-electron chi connectivity index (χ0n) is 13.6. The summed E-state index contributed by atoms with van der Waals surface area (Å²) in [7, 11) is 0. The predicted molar refractivity (Wildman–Crippen MR) is 99.6 cm³/mol. The molecule has 2 aromatic rings. The number of amides is 2. The number of carbonyl (C=O) groups excluding carboxylic acids is 2. The molecule has 0 aliphatic carbocycles. The fourth-order valence-corrected chi connectivity index (χ4v) is 2.72. The highest BCUT2D eigenvalue weighted by molar-refractivity contribution is 9.10. The van der Waals surface area contributed by atoms with Crippen LogP contribution in [0, 0.1) is 11.3 Å². The van der Waals surface area contributed by atoms with Crippen LogP contribution in [-0.4, -0.2) is 11.8 Å². The van der Waals surface area contributed by atoms with Crippen LogP contribution in [0.1, 0.15) is 24.0 Å². The first-order valence-corrected chi connectivity index (χ1v) is 8.63. The first-order chi connectivity index (χ1) is 12.1. The van der Waals surface area contributed by atoms with Gasteiger partial charge in [-0.25, -0.2) is 0 Å². The highest BCUT2D eigenvalue weighted by Crippen LogP contribution is 2.13. The monoisotopic (exact) mass is 399 g/mol. The van der Waals surface area contributed by atoms with Crippen LogP contribution in [0.3, 0.4) is 0 Å². The van der Waals surface area contributed by atoms with E-state index in [0.717, 1.165) is 15.6 Å². The molecule has 0 unspecified atom stereocenters. The maximum atomic E-state index is 12.0. The van der Waals surface area contributed by atoms with Crippen LogP contribution in [0.5, 0.6) is 0 Å². The number of nitrogens with one attached hydrogen (secondary N) is 2. The third-order valence-electron chi connectivity index (χ3n) is 3.47. The van der Waals surface area contributed by atoms with Crippen LogP contribution in [-0.2, 0) is 22.6 Å². The summed E-state index contributed by atoms with van der Waals surface area (Å²) in [5, 5.41) is 14.0. The summed E-state index contributed by atoms with van der Waals surface area (Å²) in [5.74, 6) is -0.378. The molecule has 2 aromatic carbocycles. The number of nitrogens with zero attached hydrogens (tertiary/aromatic N) is 1. The Bertz CT molecular complexity index is 799. The van der Waals surface area contributed by atoms with Gasteiger partial charge in [0.15, 0.2) is 0 Å². The lowest BCUT2D eigenvalue weighted by molar-refractivity contribution is -0.121. The highest BCUT2D eigenvalue weighted by Gasteiger charge is 2.05. The van der Waals surface area contributed by atoms with Gasteiger partial charge >= 0.3 is 0 Å². The van der Waals surface area contributed by atoms with Gasteiger partial charge in [-0.3, -0.25) is 9.59 Å². The van der Waals surface area contributed by atoms with Gasteiger partial charge < -0.3 is 10.6 Å². The quantitative estimate of drug-likeness (QED) is 0.746. The van der Waals surface area contributed by atoms with Crippen molar-refractivity contribution in [3.05, 3.63) is 64.1 Å². The van der Waals surface area contributed by atoms with E-state index in [1.807, 2.05) is 30.3 Å². The van der Waals surface area contributed by atoms with Crippen molar-refractivity contribution in [2.45, 2.75) is 25.8 Å². The predicted octanol–water partition coefficient (Wildman–Crippen LogP) is 3.55. The lowest BCUT2D eigenvalue weighted by atomic mass is 10.1. The van der Waals surface area contributed by atoms with E-state index in [1.54, 1.807) is 24.3 Å². The van der Waals surface area contributed by atoms with Crippen LogP contribution >= 0.6 is 15.9 Å². The van der Waals surface area contributed by atoms with E-state index in [1.165, 1.54) is 0 Å². The molecule has 2 amide bonds. The summed E-state index contributed by atoms with van der Waals surface area (Å²) in [6.07, 6.45) is 0.904. The SMILES string of the molecule is N#CCC(=O)Nc1cccc(CNC(=O)CCc2cccc(Br)c2)c1. The summed E-state index contributed by atoms with van der Waals surface area (Å²) in [4.78, 5) is 23.4. The van der Waals surface area contributed by atoms with Crippen LogP contribution in [0.15, 0.2) is 53.0 Å². The van der Waals surface area contributed by atoms with Crippen LogP contribution in [0.2, 0.25) is 0 Å². The van der Waals surface area contributed by atoms with Crippen molar-refractivity contribution >= 4 is 33.4 Å². The number of carbonyl (C=O) groups is 2. The summed E-state index contributed by atoms with van der Waals surface area (Å²) < 4.78 is 1.00. The standard InChI is InChI=1S/C19H18BrN3O2/c20-16-5-1-3-14(11-16)7-8-18(24)22-13-15-4-2-6-17(12-15)23-19(25)9-10-21/h1-6,11-12H,7-9,13H2,(H,22,24)(H,23,25). The maximum absolute atomic E-state index is 12.0. The van der Waals surface area contributed by atoms with Gasteiger partial charge in [0.2, 0.25) is 11.8 Å². The fourth-order valence-electron chi connectivity index (χ4n) is 2.28. The zero-order valence-corrected chi connectivity index (χ0v) is 15.2. The Morgan fingerprint density at radius 2 is 1.80 bits per heavy atom. The molecule has 6 heteroatoms. The molecule has 0 aromatic heterocycles. The Morgan fingerprint density at radius 3 is 2.56 bits per heavy atom. The van der Waals surface area contributed by atoms with E-state index in [2.05, 4.69) is 26.6 Å². The normalized spacial score (nSPS) is 9.92. The molecule has 0 atom stereocenters. The van der Waals surface area contributed by atoms with E-state index in [4.69, 9.17) is 5.26 Å². The molecule has 0 spiro atoms. The Kier molecular flexibility index (Phi) is 7.17. The van der Waals surface area contributed by atoms with Gasteiger partial charge in [-0.15, -0.1) is 0 Å². The minimum absolute atomic E-state index is 0.0288. The minimum Gasteiger partial charge on any atom is -0.352 e. The van der Waals surface area contributed by atoms with E-state index in [9.17, 15) is 9.59 Å². The molecule has 25 heavy (non-hydrogen) atoms. The zero-order chi connectivity index (χ0) is 18.1. The maximum Gasteiger partial charge on any atom is 0.238 e. The second-order valence-electron chi connectivity index (χ2n) is 5.49. The third kappa shape index (κ3) is 6.77. The number of anilines is 1. The van der Waals surface area contributed by atoms with Crippen molar-refractivity contribution < 1.29 is 9.59 Å². The van der Waals surface area contributed by atoms with Gasteiger partial charge in [-0.05, 0) is 41.8 Å². The van der Waals surface area contributed by atoms with E-state index >= 15 is 0 Å². The Balaban J connectivity index is 1.81. The number of rotatable bonds is 7. The Labute approximate surface area is 155 Å². The molecule has 5 nitrogen and oxygen atoms in total. The van der Waals surface area contributed by atoms with E-state index in [-0.39, 0.29) is 18.2 Å². The fraction of sp³-hybridized carbons (Fsp3) is 0.211. The largest absolute Gasteiger partial charge is 0.352 e. The molecule has 0 radical (unpaired) electrons. The first-order valence-electron chi connectivity index (χ1n) is 7.83. The summed E-state index contributed by atoms with van der Waals surface area (Å²) in [6, 6.07) is 16.9. The third-order valence-corrected chi connectivity index (χ3v) is 3.96. The van der Waals surface area contributed by atoms with Crippen LogP contribution in [0.4, 0.5) is 5.69 Å². The molecule has 0 saturated heterocycles. The van der Waals surface area contributed by atoms with Gasteiger partial charge in [0.1, 0.15) is 6.42 Å². The molecular weight excluding hydrogens is 382 g/mol. The Hall–Kier alpha value is -2.65. The van der Waals surface area contributed by atoms with Crippen molar-refractivity contribution in [2.24, 2.45) is 0 Å². The number of aryl methyl sites for hydroxylation is 1. The van der Waals surface area contributed by atoms with Gasteiger partial charge in [0.05, 0.1) is 6.07 Å². The minimum atomic E-state index is -0.349. The molecule has 2 N–H and O–H groups in total. The lowest BCUT2D eigenvalue weighted by Gasteiger charge is -2.08. The second-order valence-corrected chi connectivity index (χ2v) is 6.41. The number of hydrogen-bond donors (Lipinski definition) is 2. The van der Waals surface area contributed by atoms with E-state index in [0.29, 0.717) is 25.1 Å². The van der Waals surface area contributed by atoms with Gasteiger partial charge in [0, 0.05) is 23.1 Å². The highest BCUT2D eigenvalue weighted by atomic mass is 79.9. The molecule has 0 saturated carbocycles. The number of hydrogen-bond acceptors (Lipinski definition) is 3. The number of nitriles is 1. The lowest BCUT2D eigenvalue weighted by Crippen LogP contribution is -2.23. The topological polar surface area (TPSA) is 82.0 Å². The molecule has 2 rings (SSSR count). The van der Waals surface area contributed by atoms with Crippen molar-refractivity contribution in [1.82, 2.24) is 5.32 Å².